The Labute approximate surface area is 133 Å². The molecule has 112 valence electrons. The minimum Gasteiger partial charge on any atom is -0.336 e. The second kappa shape index (κ2) is 5.78. The fourth-order valence-corrected chi connectivity index (χ4v) is 2.06. The van der Waals surface area contributed by atoms with Crippen molar-refractivity contribution in [1.29, 1.82) is 0 Å². The summed E-state index contributed by atoms with van der Waals surface area (Å²) in [5.74, 6) is 0.578. The number of hydrogen-bond donors (Lipinski definition) is 1. The zero-order valence-corrected chi connectivity index (χ0v) is 13.8. The molecule has 6 heteroatoms. The maximum Gasteiger partial charge on any atom is 0.148 e. The Morgan fingerprint density at radius 2 is 1.81 bits per heavy atom. The monoisotopic (exact) mass is 327 g/mol. The summed E-state index contributed by atoms with van der Waals surface area (Å²) in [5, 5.41) is 3.54. The fourth-order valence-electron chi connectivity index (χ4n) is 1.68. The minimum absolute atomic E-state index is 0.178. The van der Waals surface area contributed by atoms with Crippen LogP contribution in [0.4, 0.5) is 15.9 Å². The second-order valence-electron chi connectivity index (χ2n) is 5.78. The van der Waals surface area contributed by atoms with E-state index in [4.69, 9.17) is 23.2 Å². The summed E-state index contributed by atoms with van der Waals surface area (Å²) in [6, 6.07) is 4.48. The normalized spacial score (nSPS) is 11.6. The smallest absolute Gasteiger partial charge is 0.148 e. The second-order valence-corrected chi connectivity index (χ2v) is 6.55. The van der Waals surface area contributed by atoms with Gasteiger partial charge in [0.25, 0.3) is 0 Å². The van der Waals surface area contributed by atoms with E-state index in [2.05, 4.69) is 15.3 Å². The van der Waals surface area contributed by atoms with Crippen LogP contribution in [-0.2, 0) is 5.41 Å². The SMILES string of the molecule is Cc1c(Cl)nc(C(C)(C)C)nc1Nc1c(F)cccc1Cl. The van der Waals surface area contributed by atoms with E-state index in [0.717, 1.165) is 0 Å². The van der Waals surface area contributed by atoms with E-state index < -0.39 is 5.82 Å². The molecule has 3 nitrogen and oxygen atoms in total. The van der Waals surface area contributed by atoms with Gasteiger partial charge in [-0.3, -0.25) is 0 Å². The summed E-state index contributed by atoms with van der Waals surface area (Å²) in [5.41, 5.74) is 0.549. The van der Waals surface area contributed by atoms with Crippen molar-refractivity contribution in [3.05, 3.63) is 45.6 Å². The standard InChI is InChI=1S/C15H16Cl2FN3/c1-8-12(17)20-14(15(2,3)4)21-13(8)19-11-9(16)6-5-7-10(11)18/h5-7H,1-4H3,(H,19,20,21). The number of aromatic nitrogens is 2. The third kappa shape index (κ3) is 3.44. The fraction of sp³-hybridized carbons (Fsp3) is 0.333. The van der Waals surface area contributed by atoms with E-state index in [1.165, 1.54) is 6.07 Å². The Hall–Kier alpha value is -1.39. The van der Waals surface area contributed by atoms with E-state index in [-0.39, 0.29) is 16.1 Å². The zero-order valence-electron chi connectivity index (χ0n) is 12.3. The van der Waals surface area contributed by atoms with E-state index >= 15 is 0 Å². The molecular weight excluding hydrogens is 312 g/mol. The van der Waals surface area contributed by atoms with Crippen LogP contribution in [0.25, 0.3) is 0 Å². The Balaban J connectivity index is 2.52. The molecule has 0 spiro atoms. The predicted molar refractivity (Wildman–Crippen MR) is 85.2 cm³/mol. The lowest BCUT2D eigenvalue weighted by molar-refractivity contribution is 0.545. The Kier molecular flexibility index (Phi) is 4.40. The van der Waals surface area contributed by atoms with Crippen molar-refractivity contribution in [2.75, 3.05) is 5.32 Å². The van der Waals surface area contributed by atoms with Gasteiger partial charge in [-0.15, -0.1) is 0 Å². The van der Waals surface area contributed by atoms with Crippen LogP contribution in [0.15, 0.2) is 18.2 Å². The van der Waals surface area contributed by atoms with Crippen molar-refractivity contribution >= 4 is 34.7 Å². The number of nitrogens with zero attached hydrogens (tertiary/aromatic N) is 2. The molecule has 0 aliphatic heterocycles. The first-order valence-corrected chi connectivity index (χ1v) is 7.21. The first kappa shape index (κ1) is 16.0. The summed E-state index contributed by atoms with van der Waals surface area (Å²) >= 11 is 12.2. The molecule has 0 atom stereocenters. The number of anilines is 2. The molecule has 0 unspecified atom stereocenters. The van der Waals surface area contributed by atoms with Crippen molar-refractivity contribution in [3.8, 4) is 0 Å². The van der Waals surface area contributed by atoms with Crippen LogP contribution in [-0.4, -0.2) is 9.97 Å². The maximum atomic E-state index is 13.9. The molecule has 21 heavy (non-hydrogen) atoms. The van der Waals surface area contributed by atoms with Gasteiger partial charge in [-0.2, -0.15) is 0 Å². The van der Waals surface area contributed by atoms with Crippen LogP contribution >= 0.6 is 23.2 Å². The van der Waals surface area contributed by atoms with Crippen LogP contribution in [0.5, 0.6) is 0 Å². The molecule has 2 aromatic rings. The van der Waals surface area contributed by atoms with Crippen molar-refractivity contribution in [1.82, 2.24) is 9.97 Å². The highest BCUT2D eigenvalue weighted by molar-refractivity contribution is 6.33. The molecule has 0 radical (unpaired) electrons. The first-order valence-electron chi connectivity index (χ1n) is 6.46. The highest BCUT2D eigenvalue weighted by Crippen LogP contribution is 2.31. The number of hydrogen-bond acceptors (Lipinski definition) is 3. The molecule has 0 saturated heterocycles. The highest BCUT2D eigenvalue weighted by atomic mass is 35.5. The van der Waals surface area contributed by atoms with Gasteiger partial charge in [-0.05, 0) is 19.1 Å². The van der Waals surface area contributed by atoms with Gasteiger partial charge in [0.15, 0.2) is 0 Å². The van der Waals surface area contributed by atoms with Crippen LogP contribution < -0.4 is 5.32 Å². The molecule has 0 fully saturated rings. The largest absolute Gasteiger partial charge is 0.336 e. The molecule has 1 heterocycles. The topological polar surface area (TPSA) is 37.8 Å². The van der Waals surface area contributed by atoms with E-state index in [0.29, 0.717) is 22.4 Å². The summed E-state index contributed by atoms with van der Waals surface area (Å²) < 4.78 is 13.9. The summed E-state index contributed by atoms with van der Waals surface area (Å²) in [6.07, 6.45) is 0. The van der Waals surface area contributed by atoms with Gasteiger partial charge >= 0.3 is 0 Å². The Morgan fingerprint density at radius 3 is 2.38 bits per heavy atom. The average molecular weight is 328 g/mol. The predicted octanol–water partition coefficient (Wildman–Crippen LogP) is 5.27. The lowest BCUT2D eigenvalue weighted by Crippen LogP contribution is -2.17. The number of halogens is 3. The summed E-state index contributed by atoms with van der Waals surface area (Å²) in [6.45, 7) is 7.71. The molecule has 1 aromatic heterocycles. The third-order valence-electron chi connectivity index (χ3n) is 2.96. The van der Waals surface area contributed by atoms with Crippen LogP contribution in [0, 0.1) is 12.7 Å². The van der Waals surface area contributed by atoms with Crippen LogP contribution in [0.3, 0.4) is 0 Å². The van der Waals surface area contributed by atoms with Gasteiger partial charge in [0, 0.05) is 11.0 Å². The minimum atomic E-state index is -0.450. The average Bonchev–Trinajstić information content (AvgIpc) is 2.37. The van der Waals surface area contributed by atoms with Gasteiger partial charge in [0.2, 0.25) is 0 Å². The molecule has 0 aliphatic carbocycles. The molecule has 2 rings (SSSR count). The summed E-state index contributed by atoms with van der Waals surface area (Å²) in [4.78, 5) is 8.73. The van der Waals surface area contributed by atoms with Crippen molar-refractivity contribution in [2.45, 2.75) is 33.1 Å². The van der Waals surface area contributed by atoms with Crippen molar-refractivity contribution in [3.63, 3.8) is 0 Å². The third-order valence-corrected chi connectivity index (χ3v) is 3.65. The maximum absolute atomic E-state index is 13.9. The van der Waals surface area contributed by atoms with Gasteiger partial charge in [-0.1, -0.05) is 50.0 Å². The van der Waals surface area contributed by atoms with Gasteiger partial charge in [0.05, 0.1) is 10.7 Å². The molecule has 0 saturated carbocycles. The number of rotatable bonds is 2. The van der Waals surface area contributed by atoms with Crippen LogP contribution in [0.2, 0.25) is 10.2 Å². The molecule has 1 N–H and O–H groups in total. The van der Waals surface area contributed by atoms with Crippen molar-refractivity contribution < 1.29 is 4.39 Å². The van der Waals surface area contributed by atoms with E-state index in [1.54, 1.807) is 19.1 Å². The molecular formula is C15H16Cl2FN3. The summed E-state index contributed by atoms with van der Waals surface area (Å²) in [7, 11) is 0. The number of benzene rings is 1. The quantitative estimate of drug-likeness (QED) is 0.763. The lowest BCUT2D eigenvalue weighted by atomic mass is 9.95. The molecule has 0 aliphatic rings. The van der Waals surface area contributed by atoms with Crippen LogP contribution in [0.1, 0.15) is 32.2 Å². The molecule has 0 bridgehead atoms. The Morgan fingerprint density at radius 1 is 1.14 bits per heavy atom. The first-order chi connectivity index (χ1) is 9.70. The van der Waals surface area contributed by atoms with Crippen molar-refractivity contribution in [2.24, 2.45) is 0 Å². The zero-order chi connectivity index (χ0) is 15.8. The lowest BCUT2D eigenvalue weighted by Gasteiger charge is -2.19. The van der Waals surface area contributed by atoms with Gasteiger partial charge in [-0.25, -0.2) is 14.4 Å². The molecule has 1 aromatic carbocycles. The van der Waals surface area contributed by atoms with Gasteiger partial charge < -0.3 is 5.32 Å². The van der Waals surface area contributed by atoms with Gasteiger partial charge in [0.1, 0.15) is 22.6 Å². The number of para-hydroxylation sites is 1. The Bertz CT molecular complexity index is 661. The number of nitrogens with one attached hydrogen (secondary N) is 1. The highest BCUT2D eigenvalue weighted by Gasteiger charge is 2.21. The van der Waals surface area contributed by atoms with E-state index in [9.17, 15) is 4.39 Å². The van der Waals surface area contributed by atoms with E-state index in [1.807, 2.05) is 20.8 Å². The molecule has 0 amide bonds.